The number of amides is 3. The molecular formula is C34H35N5O4. The number of likely N-dealkylation sites (N-methyl/N-ethyl adjacent to an activating group) is 1. The summed E-state index contributed by atoms with van der Waals surface area (Å²) in [6.07, 6.45) is 2.15. The van der Waals surface area contributed by atoms with E-state index in [9.17, 15) is 19.5 Å². The minimum atomic E-state index is -0.820. The molecule has 0 radical (unpaired) electrons. The van der Waals surface area contributed by atoms with Gasteiger partial charge in [-0.25, -0.2) is 5.01 Å². The first-order chi connectivity index (χ1) is 20.8. The predicted octanol–water partition coefficient (Wildman–Crippen LogP) is 3.76. The number of aromatic hydroxyl groups is 1. The molecule has 220 valence electrons. The van der Waals surface area contributed by atoms with Gasteiger partial charge in [-0.15, -0.1) is 0 Å². The van der Waals surface area contributed by atoms with E-state index in [2.05, 4.69) is 4.98 Å². The number of hydrogen-bond donors (Lipinski definition) is 1. The lowest BCUT2D eigenvalue weighted by Crippen LogP contribution is -2.78. The second-order valence-corrected chi connectivity index (χ2v) is 11.3. The number of piperazine rings is 1. The van der Waals surface area contributed by atoms with Crippen LogP contribution in [0.15, 0.2) is 91.1 Å². The number of fused-ring (bicyclic) bond motifs is 2. The maximum Gasteiger partial charge on any atom is 0.246 e. The number of hydrazine groups is 1. The quantitative estimate of drug-likeness (QED) is 0.359. The summed E-state index contributed by atoms with van der Waals surface area (Å²) < 4.78 is 0. The Morgan fingerprint density at radius 3 is 2.44 bits per heavy atom. The Bertz CT molecular complexity index is 1640. The van der Waals surface area contributed by atoms with Crippen molar-refractivity contribution in [2.75, 3.05) is 13.6 Å². The molecule has 9 nitrogen and oxygen atoms in total. The molecule has 3 atom stereocenters. The largest absolute Gasteiger partial charge is 0.508 e. The van der Waals surface area contributed by atoms with Gasteiger partial charge in [-0.3, -0.25) is 24.4 Å². The Labute approximate surface area is 250 Å². The lowest BCUT2D eigenvalue weighted by Gasteiger charge is -2.57. The van der Waals surface area contributed by atoms with E-state index in [1.54, 1.807) is 57.3 Å². The van der Waals surface area contributed by atoms with Gasteiger partial charge in [0.15, 0.2) is 0 Å². The normalized spacial score (nSPS) is 20.9. The van der Waals surface area contributed by atoms with Crippen molar-refractivity contribution in [1.82, 2.24) is 24.8 Å². The Morgan fingerprint density at radius 1 is 0.930 bits per heavy atom. The molecule has 3 unspecified atom stereocenters. The number of para-hydroxylation sites is 1. The number of carbonyl (C=O) groups excluding carboxylic acids is 3. The van der Waals surface area contributed by atoms with Crippen molar-refractivity contribution >= 4 is 28.6 Å². The molecule has 2 fully saturated rings. The van der Waals surface area contributed by atoms with Gasteiger partial charge in [0.1, 0.15) is 18.0 Å². The standard InChI is InChI=1S/C34H35N5O4/c1-23-33-38(31(42)22-36(2)39(33)30(41)18-15-24-8-4-3-5-9-24)29(20-25-13-16-28(40)17-14-25)34(43)37(23)21-27-11-6-10-26-12-7-19-35-32(26)27/h3-14,16-17,19,23,29,33,40H,15,18,20-22H2,1-2H3. The summed E-state index contributed by atoms with van der Waals surface area (Å²) in [5.74, 6) is -0.360. The van der Waals surface area contributed by atoms with Crippen LogP contribution in [0.2, 0.25) is 0 Å². The van der Waals surface area contributed by atoms with Crippen LogP contribution in [0.3, 0.4) is 0 Å². The summed E-state index contributed by atoms with van der Waals surface area (Å²) in [5.41, 5.74) is 3.58. The first-order valence-electron chi connectivity index (χ1n) is 14.6. The topological polar surface area (TPSA) is 97.3 Å². The molecule has 3 aromatic carbocycles. The van der Waals surface area contributed by atoms with Crippen LogP contribution in [0.5, 0.6) is 5.75 Å². The summed E-state index contributed by atoms with van der Waals surface area (Å²) in [5, 5.41) is 14.2. The van der Waals surface area contributed by atoms with Gasteiger partial charge in [-0.2, -0.15) is 0 Å². The Balaban J connectivity index is 1.38. The van der Waals surface area contributed by atoms with Crippen molar-refractivity contribution < 1.29 is 19.5 Å². The van der Waals surface area contributed by atoms with E-state index < -0.39 is 18.2 Å². The molecular weight excluding hydrogens is 542 g/mol. The minimum Gasteiger partial charge on any atom is -0.508 e. The highest BCUT2D eigenvalue weighted by atomic mass is 16.3. The van der Waals surface area contributed by atoms with Gasteiger partial charge < -0.3 is 14.9 Å². The second-order valence-electron chi connectivity index (χ2n) is 11.3. The Hall–Kier alpha value is -4.76. The average Bonchev–Trinajstić information content (AvgIpc) is 3.01. The van der Waals surface area contributed by atoms with Gasteiger partial charge in [0.2, 0.25) is 17.7 Å². The van der Waals surface area contributed by atoms with E-state index >= 15 is 0 Å². The lowest BCUT2D eigenvalue weighted by atomic mass is 9.94. The molecule has 43 heavy (non-hydrogen) atoms. The van der Waals surface area contributed by atoms with E-state index in [-0.39, 0.29) is 49.4 Å². The van der Waals surface area contributed by atoms with Crippen molar-refractivity contribution in [3.05, 3.63) is 108 Å². The average molecular weight is 578 g/mol. The number of rotatable bonds is 7. The fourth-order valence-corrected chi connectivity index (χ4v) is 6.38. The number of hydrogen-bond acceptors (Lipinski definition) is 6. The summed E-state index contributed by atoms with van der Waals surface area (Å²) in [4.78, 5) is 50.0. The number of aryl methyl sites for hydroxylation is 1. The zero-order chi connectivity index (χ0) is 30.1. The van der Waals surface area contributed by atoms with Gasteiger partial charge in [0.05, 0.1) is 18.1 Å². The fraction of sp³-hybridized carbons (Fsp3) is 0.294. The highest BCUT2D eigenvalue weighted by Crippen LogP contribution is 2.34. The van der Waals surface area contributed by atoms with E-state index in [4.69, 9.17) is 0 Å². The van der Waals surface area contributed by atoms with Crippen LogP contribution < -0.4 is 0 Å². The number of phenols is 1. The van der Waals surface area contributed by atoms with Crippen LogP contribution >= 0.6 is 0 Å². The molecule has 9 heteroatoms. The number of carbonyl (C=O) groups is 3. The first-order valence-corrected chi connectivity index (χ1v) is 14.6. The predicted molar refractivity (Wildman–Crippen MR) is 162 cm³/mol. The molecule has 2 aliphatic heterocycles. The molecule has 0 aliphatic carbocycles. The SMILES string of the molecule is CC1C2N(C(=O)CN(C)N2C(=O)CCc2ccccc2)C(Cc2ccc(O)cc2)C(=O)N1Cc1cccc2cccnc12. The van der Waals surface area contributed by atoms with E-state index in [1.165, 1.54) is 0 Å². The Kier molecular flexibility index (Phi) is 7.82. The van der Waals surface area contributed by atoms with E-state index in [0.29, 0.717) is 6.42 Å². The van der Waals surface area contributed by atoms with Crippen LogP contribution in [0.4, 0.5) is 0 Å². The van der Waals surface area contributed by atoms with Crippen molar-refractivity contribution in [3.8, 4) is 5.75 Å². The van der Waals surface area contributed by atoms with Gasteiger partial charge in [0, 0.05) is 38.0 Å². The fourth-order valence-electron chi connectivity index (χ4n) is 6.38. The molecule has 3 heterocycles. The second kappa shape index (κ2) is 11.9. The van der Waals surface area contributed by atoms with Crippen LogP contribution in [-0.2, 0) is 33.8 Å². The molecule has 0 spiro atoms. The summed E-state index contributed by atoms with van der Waals surface area (Å²) in [6, 6.07) is 25.0. The molecule has 2 aliphatic rings. The van der Waals surface area contributed by atoms with E-state index in [1.807, 2.05) is 67.6 Å². The van der Waals surface area contributed by atoms with Gasteiger partial charge in [0.25, 0.3) is 0 Å². The third kappa shape index (κ3) is 5.56. The molecule has 0 saturated carbocycles. The van der Waals surface area contributed by atoms with Crippen molar-refractivity contribution in [2.45, 2.75) is 51.0 Å². The molecule has 6 rings (SSSR count). The molecule has 1 aromatic heterocycles. The van der Waals surface area contributed by atoms with Crippen molar-refractivity contribution in [2.24, 2.45) is 0 Å². The summed E-state index contributed by atoms with van der Waals surface area (Å²) in [6.45, 7) is 2.19. The van der Waals surface area contributed by atoms with Crippen LogP contribution in [0.1, 0.15) is 30.0 Å². The van der Waals surface area contributed by atoms with Crippen molar-refractivity contribution in [3.63, 3.8) is 0 Å². The van der Waals surface area contributed by atoms with Crippen LogP contribution in [-0.4, -0.2) is 79.5 Å². The monoisotopic (exact) mass is 577 g/mol. The summed E-state index contributed by atoms with van der Waals surface area (Å²) >= 11 is 0. The number of nitrogens with zero attached hydrogens (tertiary/aromatic N) is 5. The highest BCUT2D eigenvalue weighted by Gasteiger charge is 2.53. The maximum absolute atomic E-state index is 14.4. The molecule has 1 N–H and O–H groups in total. The lowest BCUT2D eigenvalue weighted by molar-refractivity contribution is -0.210. The number of phenolic OH excluding ortho intramolecular Hbond substituents is 1. The number of pyridine rings is 1. The third-order valence-corrected chi connectivity index (χ3v) is 8.53. The Morgan fingerprint density at radius 2 is 1.67 bits per heavy atom. The maximum atomic E-state index is 14.4. The van der Waals surface area contributed by atoms with Crippen molar-refractivity contribution in [1.29, 1.82) is 0 Å². The number of benzene rings is 3. The number of aromatic nitrogens is 1. The minimum absolute atomic E-state index is 0.00705. The smallest absolute Gasteiger partial charge is 0.246 e. The zero-order valence-corrected chi connectivity index (χ0v) is 24.3. The molecule has 4 aromatic rings. The van der Waals surface area contributed by atoms with Crippen LogP contribution in [0.25, 0.3) is 10.9 Å². The van der Waals surface area contributed by atoms with Gasteiger partial charge in [-0.05, 0) is 48.2 Å². The van der Waals surface area contributed by atoms with Crippen LogP contribution in [0, 0.1) is 0 Å². The molecule has 3 amide bonds. The first kappa shape index (κ1) is 28.4. The summed E-state index contributed by atoms with van der Waals surface area (Å²) in [7, 11) is 1.76. The van der Waals surface area contributed by atoms with E-state index in [0.717, 1.165) is 27.6 Å². The molecule has 0 bridgehead atoms. The highest BCUT2D eigenvalue weighted by molar-refractivity contribution is 5.92. The third-order valence-electron chi connectivity index (χ3n) is 8.53. The van der Waals surface area contributed by atoms with Gasteiger partial charge in [-0.1, -0.05) is 66.7 Å². The van der Waals surface area contributed by atoms with Gasteiger partial charge >= 0.3 is 0 Å². The zero-order valence-electron chi connectivity index (χ0n) is 24.3. The molecule has 2 saturated heterocycles.